The van der Waals surface area contributed by atoms with Gasteiger partial charge in [-0.25, -0.2) is 0 Å². The molecule has 0 aromatic heterocycles. The van der Waals surface area contributed by atoms with Crippen molar-refractivity contribution in [2.75, 3.05) is 12.9 Å². The molecule has 0 radical (unpaired) electrons. The van der Waals surface area contributed by atoms with Gasteiger partial charge in [-0.05, 0) is 29.4 Å². The zero-order valence-electron chi connectivity index (χ0n) is 7.45. The first-order valence-corrected chi connectivity index (χ1v) is 4.66. The lowest BCUT2D eigenvalue weighted by molar-refractivity contribution is 0.414. The van der Waals surface area contributed by atoms with Gasteiger partial charge in [-0.1, -0.05) is 19.1 Å². The molecule has 0 aliphatic carbocycles. The van der Waals surface area contributed by atoms with E-state index in [-0.39, 0.29) is 0 Å². The molecule has 0 saturated heterocycles. The Labute approximate surface area is 79.2 Å². The molecule has 1 unspecified atom stereocenters. The second-order valence-corrected chi connectivity index (χ2v) is 3.22. The van der Waals surface area contributed by atoms with Crippen molar-refractivity contribution in [3.8, 4) is 5.75 Å². The molecule has 0 spiro atoms. The zero-order chi connectivity index (χ0) is 8.97. The number of hydrogen-bond acceptors (Lipinski definition) is 2. The smallest absolute Gasteiger partial charge is 0.118 e. The molecule has 1 aromatic carbocycles. The highest BCUT2D eigenvalue weighted by molar-refractivity contribution is 7.80. The van der Waals surface area contributed by atoms with Crippen LogP contribution in [0.4, 0.5) is 0 Å². The van der Waals surface area contributed by atoms with Gasteiger partial charge in [0.1, 0.15) is 5.75 Å². The number of ether oxygens (including phenoxy) is 1. The maximum Gasteiger partial charge on any atom is 0.118 e. The Morgan fingerprint density at radius 2 is 1.92 bits per heavy atom. The van der Waals surface area contributed by atoms with Gasteiger partial charge >= 0.3 is 0 Å². The lowest BCUT2D eigenvalue weighted by Gasteiger charge is -2.08. The highest BCUT2D eigenvalue weighted by Crippen LogP contribution is 2.19. The Morgan fingerprint density at radius 1 is 1.33 bits per heavy atom. The summed E-state index contributed by atoms with van der Waals surface area (Å²) < 4.78 is 5.06. The molecule has 1 rings (SSSR count). The fourth-order valence-corrected chi connectivity index (χ4v) is 1.25. The molecule has 0 fully saturated rings. The third kappa shape index (κ3) is 2.18. The first-order chi connectivity index (χ1) is 5.77. The van der Waals surface area contributed by atoms with E-state index in [1.165, 1.54) is 5.56 Å². The van der Waals surface area contributed by atoms with E-state index in [9.17, 15) is 0 Å². The number of thiol groups is 1. The quantitative estimate of drug-likeness (QED) is 0.707. The molecule has 0 amide bonds. The minimum Gasteiger partial charge on any atom is -0.497 e. The third-order valence-corrected chi connectivity index (χ3v) is 2.51. The molecule has 1 atom stereocenters. The average Bonchev–Trinajstić information content (AvgIpc) is 2.17. The first-order valence-electron chi connectivity index (χ1n) is 4.02. The normalized spacial score (nSPS) is 12.6. The van der Waals surface area contributed by atoms with Crippen LogP contribution in [0.3, 0.4) is 0 Å². The van der Waals surface area contributed by atoms with Crippen LogP contribution in [0.2, 0.25) is 0 Å². The lowest BCUT2D eigenvalue weighted by Crippen LogP contribution is -1.94. The Balaban J connectivity index is 2.77. The van der Waals surface area contributed by atoms with E-state index in [1.807, 2.05) is 12.1 Å². The van der Waals surface area contributed by atoms with Crippen molar-refractivity contribution in [3.63, 3.8) is 0 Å². The van der Waals surface area contributed by atoms with Crippen LogP contribution in [0.25, 0.3) is 0 Å². The second kappa shape index (κ2) is 4.41. The van der Waals surface area contributed by atoms with Gasteiger partial charge < -0.3 is 4.74 Å². The molecular weight excluding hydrogens is 168 g/mol. The van der Waals surface area contributed by atoms with Crippen molar-refractivity contribution in [3.05, 3.63) is 29.8 Å². The van der Waals surface area contributed by atoms with Gasteiger partial charge in [0.05, 0.1) is 7.11 Å². The van der Waals surface area contributed by atoms with E-state index >= 15 is 0 Å². The molecule has 66 valence electrons. The zero-order valence-corrected chi connectivity index (χ0v) is 8.34. The molecular formula is C10H14OS. The van der Waals surface area contributed by atoms with E-state index < -0.39 is 0 Å². The topological polar surface area (TPSA) is 9.23 Å². The number of methoxy groups -OCH3 is 1. The highest BCUT2D eigenvalue weighted by Gasteiger charge is 2.01. The Hall–Kier alpha value is -0.630. The van der Waals surface area contributed by atoms with Crippen LogP contribution in [-0.4, -0.2) is 12.9 Å². The fourth-order valence-electron chi connectivity index (χ4n) is 1.04. The molecule has 2 heteroatoms. The lowest BCUT2D eigenvalue weighted by atomic mass is 10.0. The van der Waals surface area contributed by atoms with Crippen LogP contribution in [0.15, 0.2) is 24.3 Å². The van der Waals surface area contributed by atoms with Crippen LogP contribution in [0.1, 0.15) is 18.4 Å². The monoisotopic (exact) mass is 182 g/mol. The standard InChI is InChI=1S/C10H14OS/c1-8(7-12)9-3-5-10(11-2)6-4-9/h3-6,8,12H,7H2,1-2H3. The molecule has 0 saturated carbocycles. The van der Waals surface area contributed by atoms with Crippen LogP contribution in [0, 0.1) is 0 Å². The van der Waals surface area contributed by atoms with E-state index in [1.54, 1.807) is 7.11 Å². The summed E-state index contributed by atoms with van der Waals surface area (Å²) in [4.78, 5) is 0. The number of rotatable bonds is 3. The highest BCUT2D eigenvalue weighted by atomic mass is 32.1. The van der Waals surface area contributed by atoms with E-state index in [0.29, 0.717) is 5.92 Å². The average molecular weight is 182 g/mol. The van der Waals surface area contributed by atoms with Gasteiger partial charge in [0.2, 0.25) is 0 Å². The fraction of sp³-hybridized carbons (Fsp3) is 0.400. The summed E-state index contributed by atoms with van der Waals surface area (Å²) in [6, 6.07) is 8.13. The van der Waals surface area contributed by atoms with E-state index in [0.717, 1.165) is 11.5 Å². The van der Waals surface area contributed by atoms with Gasteiger partial charge in [0.25, 0.3) is 0 Å². The minimum absolute atomic E-state index is 0.513. The molecule has 12 heavy (non-hydrogen) atoms. The summed E-state index contributed by atoms with van der Waals surface area (Å²) >= 11 is 4.24. The van der Waals surface area contributed by atoms with E-state index in [2.05, 4.69) is 31.7 Å². The Kier molecular flexibility index (Phi) is 3.48. The largest absolute Gasteiger partial charge is 0.497 e. The van der Waals surface area contributed by atoms with Crippen LogP contribution in [0.5, 0.6) is 5.75 Å². The summed E-state index contributed by atoms with van der Waals surface area (Å²) in [5, 5.41) is 0. The number of hydrogen-bond donors (Lipinski definition) is 1. The van der Waals surface area contributed by atoms with Crippen molar-refractivity contribution in [1.29, 1.82) is 0 Å². The van der Waals surface area contributed by atoms with Crippen LogP contribution < -0.4 is 4.74 Å². The SMILES string of the molecule is COc1ccc(C(C)CS)cc1. The van der Waals surface area contributed by atoms with Gasteiger partial charge in [-0.3, -0.25) is 0 Å². The predicted molar refractivity (Wildman–Crippen MR) is 55.3 cm³/mol. The summed E-state index contributed by atoms with van der Waals surface area (Å²) in [5.41, 5.74) is 1.31. The molecule has 0 heterocycles. The van der Waals surface area contributed by atoms with Gasteiger partial charge in [0, 0.05) is 0 Å². The summed E-state index contributed by atoms with van der Waals surface area (Å²) in [5.74, 6) is 2.30. The summed E-state index contributed by atoms with van der Waals surface area (Å²) in [6.45, 7) is 2.16. The Bertz CT molecular complexity index is 230. The molecule has 0 aliphatic rings. The third-order valence-electron chi connectivity index (χ3n) is 1.96. The molecule has 0 aliphatic heterocycles. The molecule has 1 aromatic rings. The van der Waals surface area contributed by atoms with Crippen molar-refractivity contribution < 1.29 is 4.74 Å². The van der Waals surface area contributed by atoms with Gasteiger partial charge in [-0.15, -0.1) is 0 Å². The maximum atomic E-state index is 5.06. The molecule has 1 nitrogen and oxygen atoms in total. The van der Waals surface area contributed by atoms with E-state index in [4.69, 9.17) is 4.74 Å². The van der Waals surface area contributed by atoms with Crippen molar-refractivity contribution in [2.24, 2.45) is 0 Å². The second-order valence-electron chi connectivity index (χ2n) is 2.86. The van der Waals surface area contributed by atoms with Crippen molar-refractivity contribution in [1.82, 2.24) is 0 Å². The number of benzene rings is 1. The summed E-state index contributed by atoms with van der Waals surface area (Å²) in [7, 11) is 1.68. The van der Waals surface area contributed by atoms with Crippen LogP contribution >= 0.6 is 12.6 Å². The predicted octanol–water partition coefficient (Wildman–Crippen LogP) is 2.73. The summed E-state index contributed by atoms with van der Waals surface area (Å²) in [6.07, 6.45) is 0. The molecule has 0 bridgehead atoms. The van der Waals surface area contributed by atoms with Gasteiger partial charge in [0.15, 0.2) is 0 Å². The first kappa shape index (κ1) is 9.46. The van der Waals surface area contributed by atoms with Crippen molar-refractivity contribution in [2.45, 2.75) is 12.8 Å². The molecule has 0 N–H and O–H groups in total. The minimum atomic E-state index is 0.513. The van der Waals surface area contributed by atoms with Crippen molar-refractivity contribution >= 4 is 12.6 Å². The maximum absolute atomic E-state index is 5.06. The van der Waals surface area contributed by atoms with Crippen LogP contribution in [-0.2, 0) is 0 Å². The Morgan fingerprint density at radius 3 is 2.33 bits per heavy atom. The van der Waals surface area contributed by atoms with Gasteiger partial charge in [-0.2, -0.15) is 12.6 Å².